The van der Waals surface area contributed by atoms with Crippen molar-refractivity contribution in [1.82, 2.24) is 9.88 Å². The number of alkyl halides is 3. The molecule has 0 aliphatic carbocycles. The van der Waals surface area contributed by atoms with Gasteiger partial charge in [-0.1, -0.05) is 18.2 Å². The second kappa shape index (κ2) is 9.84. The Kier molecular flexibility index (Phi) is 7.30. The number of rotatable bonds is 7. The summed E-state index contributed by atoms with van der Waals surface area (Å²) in [6.45, 7) is 3.37. The number of nitrogens with zero attached hydrogens (tertiary/aromatic N) is 1. The van der Waals surface area contributed by atoms with Gasteiger partial charge in [-0.15, -0.1) is 0 Å². The first-order valence-corrected chi connectivity index (χ1v) is 12.0. The van der Waals surface area contributed by atoms with Crippen molar-refractivity contribution in [1.29, 1.82) is 0 Å². The lowest BCUT2D eigenvalue weighted by Crippen LogP contribution is -2.33. The number of hydrogen-bond acceptors (Lipinski definition) is 4. The number of carbonyl (C=O) groups is 1. The molecule has 34 heavy (non-hydrogen) atoms. The normalized spacial score (nSPS) is 12.1. The van der Waals surface area contributed by atoms with Gasteiger partial charge < -0.3 is 5.32 Å². The molecule has 1 aromatic heterocycles. The maximum absolute atomic E-state index is 13.0. The number of hydrogen-bond donors (Lipinski definition) is 1. The van der Waals surface area contributed by atoms with E-state index in [0.29, 0.717) is 6.42 Å². The van der Waals surface area contributed by atoms with Crippen LogP contribution in [-0.2, 0) is 22.4 Å². The maximum atomic E-state index is 13.0. The molecule has 0 aliphatic heterocycles. The van der Waals surface area contributed by atoms with E-state index in [1.54, 1.807) is 26.0 Å². The molecular weight excluding hydrogens is 469 g/mol. The molecule has 0 fully saturated rings. The van der Waals surface area contributed by atoms with Gasteiger partial charge in [0.05, 0.1) is 15.7 Å². The number of amides is 1. The smallest absolute Gasteiger partial charge is 0.352 e. The van der Waals surface area contributed by atoms with Crippen LogP contribution in [0.3, 0.4) is 0 Å². The Balaban J connectivity index is 1.71. The molecule has 0 spiro atoms. The van der Waals surface area contributed by atoms with Crippen molar-refractivity contribution >= 4 is 15.7 Å². The number of nitrogens with one attached hydrogen (secondary N) is 1. The van der Waals surface area contributed by atoms with Crippen LogP contribution in [0.1, 0.15) is 35.3 Å². The van der Waals surface area contributed by atoms with Crippen molar-refractivity contribution in [3.63, 3.8) is 0 Å². The molecule has 0 saturated heterocycles. The third-order valence-electron chi connectivity index (χ3n) is 5.22. The average Bonchev–Trinajstić information content (AvgIpc) is 2.79. The molecule has 0 radical (unpaired) electrons. The largest absolute Gasteiger partial charge is 0.416 e. The Hall–Kier alpha value is -3.40. The molecule has 180 valence electrons. The van der Waals surface area contributed by atoms with E-state index >= 15 is 0 Å². The molecule has 1 heterocycles. The Morgan fingerprint density at radius 1 is 1.03 bits per heavy atom. The minimum atomic E-state index is -4.56. The van der Waals surface area contributed by atoms with Crippen molar-refractivity contribution in [2.24, 2.45) is 0 Å². The van der Waals surface area contributed by atoms with Crippen LogP contribution in [0, 0.1) is 0 Å². The number of carbonyl (C=O) groups excluding carboxylic acids is 1. The second-order valence-corrected chi connectivity index (χ2v) is 10.4. The maximum Gasteiger partial charge on any atom is 0.416 e. The highest BCUT2D eigenvalue weighted by Crippen LogP contribution is 2.30. The van der Waals surface area contributed by atoms with Gasteiger partial charge in [0.15, 0.2) is 9.84 Å². The molecule has 0 atom stereocenters. The van der Waals surface area contributed by atoms with Crippen molar-refractivity contribution in [2.45, 2.75) is 36.6 Å². The summed E-state index contributed by atoms with van der Waals surface area (Å²) in [6.07, 6.45) is -2.88. The SMILES string of the molecule is CC(C)S(=O)(=O)c1ccc(CCNC(=O)c2cccn(-c3cccc(C(F)(F)F)c3)c2=O)cc1. The molecule has 1 amide bonds. The van der Waals surface area contributed by atoms with Crippen LogP contribution in [0.15, 0.2) is 76.6 Å². The fraction of sp³-hybridized carbons (Fsp3) is 0.250. The molecule has 0 aliphatic rings. The van der Waals surface area contributed by atoms with E-state index in [4.69, 9.17) is 0 Å². The lowest BCUT2D eigenvalue weighted by atomic mass is 10.1. The molecule has 1 N–H and O–H groups in total. The molecule has 0 saturated carbocycles. The predicted octanol–water partition coefficient (Wildman–Crippen LogP) is 4.01. The number of aromatic nitrogens is 1. The zero-order valence-electron chi connectivity index (χ0n) is 18.5. The van der Waals surface area contributed by atoms with Gasteiger partial charge in [0.2, 0.25) is 0 Å². The van der Waals surface area contributed by atoms with Crippen LogP contribution < -0.4 is 10.9 Å². The summed E-state index contributed by atoms with van der Waals surface area (Å²) in [5.41, 5.74) is -1.08. The van der Waals surface area contributed by atoms with E-state index in [-0.39, 0.29) is 22.7 Å². The second-order valence-electron chi connectivity index (χ2n) is 7.89. The first-order chi connectivity index (χ1) is 15.9. The minimum absolute atomic E-state index is 0.00841. The Bertz CT molecular complexity index is 1350. The molecular formula is C24H23F3N2O4S. The number of pyridine rings is 1. The molecule has 0 bridgehead atoms. The van der Waals surface area contributed by atoms with E-state index < -0.39 is 38.3 Å². The summed E-state index contributed by atoms with van der Waals surface area (Å²) in [5.74, 6) is -0.662. The molecule has 10 heteroatoms. The molecule has 0 unspecified atom stereocenters. The van der Waals surface area contributed by atoms with E-state index in [1.807, 2.05) is 0 Å². The van der Waals surface area contributed by atoms with Crippen LogP contribution >= 0.6 is 0 Å². The van der Waals surface area contributed by atoms with E-state index in [2.05, 4.69) is 5.32 Å². The van der Waals surface area contributed by atoms with Crippen LogP contribution in [0.4, 0.5) is 13.2 Å². The zero-order chi connectivity index (χ0) is 25.1. The van der Waals surface area contributed by atoms with Gasteiger partial charge in [-0.3, -0.25) is 14.2 Å². The standard InChI is InChI=1S/C24H23F3N2O4S/c1-16(2)34(32,33)20-10-8-17(9-11-20)12-13-28-22(30)21-7-4-14-29(23(21)31)19-6-3-5-18(15-19)24(25,26)27/h3-11,14-16H,12-13H2,1-2H3,(H,28,30). The highest BCUT2D eigenvalue weighted by molar-refractivity contribution is 7.92. The van der Waals surface area contributed by atoms with Crippen LogP contribution in [0.5, 0.6) is 0 Å². The zero-order valence-corrected chi connectivity index (χ0v) is 19.3. The molecule has 6 nitrogen and oxygen atoms in total. The van der Waals surface area contributed by atoms with Crippen molar-refractivity contribution in [3.8, 4) is 5.69 Å². The fourth-order valence-electron chi connectivity index (χ4n) is 3.24. The van der Waals surface area contributed by atoms with Crippen molar-refractivity contribution in [3.05, 3.63) is 93.9 Å². The number of sulfone groups is 1. The number of halogens is 3. The molecule has 3 rings (SSSR count). The topological polar surface area (TPSA) is 85.2 Å². The van der Waals surface area contributed by atoms with Crippen LogP contribution in [-0.4, -0.2) is 30.7 Å². The highest BCUT2D eigenvalue weighted by Gasteiger charge is 2.30. The summed E-state index contributed by atoms with van der Waals surface area (Å²) in [6, 6.07) is 13.3. The van der Waals surface area contributed by atoms with Gasteiger partial charge in [-0.2, -0.15) is 13.2 Å². The summed E-state index contributed by atoms with van der Waals surface area (Å²) < 4.78 is 64.4. The minimum Gasteiger partial charge on any atom is -0.352 e. The third kappa shape index (κ3) is 5.56. The highest BCUT2D eigenvalue weighted by atomic mass is 32.2. The van der Waals surface area contributed by atoms with Gasteiger partial charge in [-0.05, 0) is 68.3 Å². The van der Waals surface area contributed by atoms with Gasteiger partial charge >= 0.3 is 6.18 Å². The quantitative estimate of drug-likeness (QED) is 0.540. The average molecular weight is 493 g/mol. The van der Waals surface area contributed by atoms with E-state index in [9.17, 15) is 31.2 Å². The van der Waals surface area contributed by atoms with Crippen LogP contribution in [0.2, 0.25) is 0 Å². The van der Waals surface area contributed by atoms with Gasteiger partial charge in [0.1, 0.15) is 5.56 Å². The Labute approximate surface area is 195 Å². The third-order valence-corrected chi connectivity index (χ3v) is 7.39. The summed E-state index contributed by atoms with van der Waals surface area (Å²) in [5, 5.41) is 2.08. The predicted molar refractivity (Wildman–Crippen MR) is 122 cm³/mol. The lowest BCUT2D eigenvalue weighted by molar-refractivity contribution is -0.137. The number of benzene rings is 2. The van der Waals surface area contributed by atoms with E-state index in [0.717, 1.165) is 22.3 Å². The van der Waals surface area contributed by atoms with E-state index in [1.165, 1.54) is 42.6 Å². The summed E-state index contributed by atoms with van der Waals surface area (Å²) >= 11 is 0. The fourth-order valence-corrected chi connectivity index (χ4v) is 4.30. The lowest BCUT2D eigenvalue weighted by Gasteiger charge is -2.12. The Morgan fingerprint density at radius 3 is 2.32 bits per heavy atom. The van der Waals surface area contributed by atoms with Gasteiger partial charge in [-0.25, -0.2) is 8.42 Å². The monoisotopic (exact) mass is 492 g/mol. The Morgan fingerprint density at radius 2 is 1.71 bits per heavy atom. The van der Waals surface area contributed by atoms with Crippen LogP contribution in [0.25, 0.3) is 5.69 Å². The summed E-state index contributed by atoms with van der Waals surface area (Å²) in [7, 11) is -3.38. The molecule has 2 aromatic carbocycles. The molecule has 3 aromatic rings. The van der Waals surface area contributed by atoms with Gasteiger partial charge in [0, 0.05) is 18.4 Å². The van der Waals surface area contributed by atoms with Crippen molar-refractivity contribution in [2.75, 3.05) is 6.54 Å². The first kappa shape index (κ1) is 25.2. The van der Waals surface area contributed by atoms with Crippen molar-refractivity contribution < 1.29 is 26.4 Å². The first-order valence-electron chi connectivity index (χ1n) is 10.4. The summed E-state index contributed by atoms with van der Waals surface area (Å²) in [4.78, 5) is 25.5. The van der Waals surface area contributed by atoms with Gasteiger partial charge in [0.25, 0.3) is 11.5 Å².